The number of halogens is 2. The molecular formula is C16H25F2N3. The van der Waals surface area contributed by atoms with Gasteiger partial charge >= 0.3 is 0 Å². The number of hydrogen-bond acceptors (Lipinski definition) is 1. The number of aliphatic imine (C=N–C) groups is 1. The summed E-state index contributed by atoms with van der Waals surface area (Å²) >= 11 is 0. The van der Waals surface area contributed by atoms with E-state index in [0.717, 1.165) is 24.1 Å². The van der Waals surface area contributed by atoms with E-state index in [1.165, 1.54) is 6.07 Å². The van der Waals surface area contributed by atoms with E-state index < -0.39 is 11.6 Å². The van der Waals surface area contributed by atoms with E-state index in [0.29, 0.717) is 6.54 Å². The lowest BCUT2D eigenvalue weighted by atomic mass is 10.0. The topological polar surface area (TPSA) is 36.4 Å². The van der Waals surface area contributed by atoms with E-state index in [4.69, 9.17) is 0 Å². The van der Waals surface area contributed by atoms with Crippen molar-refractivity contribution in [2.24, 2.45) is 4.99 Å². The van der Waals surface area contributed by atoms with Crippen LogP contribution in [-0.2, 0) is 0 Å². The maximum absolute atomic E-state index is 13.2. The predicted molar refractivity (Wildman–Crippen MR) is 83.6 cm³/mol. The number of nitrogens with one attached hydrogen (secondary N) is 2. The molecule has 1 atom stereocenters. The molecule has 1 aromatic carbocycles. The lowest BCUT2D eigenvalue weighted by molar-refractivity contribution is 0.500. The molecule has 0 amide bonds. The summed E-state index contributed by atoms with van der Waals surface area (Å²) in [5.74, 6) is -0.907. The molecule has 0 aliphatic rings. The summed E-state index contributed by atoms with van der Waals surface area (Å²) in [6.07, 6.45) is 0. The highest BCUT2D eigenvalue weighted by atomic mass is 19.2. The minimum Gasteiger partial charge on any atom is -0.357 e. The normalized spacial score (nSPS) is 14.0. The molecule has 5 heteroatoms. The van der Waals surface area contributed by atoms with Gasteiger partial charge < -0.3 is 10.6 Å². The molecule has 21 heavy (non-hydrogen) atoms. The van der Waals surface area contributed by atoms with E-state index >= 15 is 0 Å². The van der Waals surface area contributed by atoms with Crippen LogP contribution >= 0.6 is 0 Å². The Morgan fingerprint density at radius 2 is 1.90 bits per heavy atom. The van der Waals surface area contributed by atoms with Crippen molar-refractivity contribution in [1.29, 1.82) is 0 Å². The van der Waals surface area contributed by atoms with Crippen LogP contribution in [0.4, 0.5) is 8.78 Å². The summed E-state index contributed by atoms with van der Waals surface area (Å²) in [4.78, 5) is 4.51. The van der Waals surface area contributed by atoms with Crippen molar-refractivity contribution >= 4 is 5.96 Å². The van der Waals surface area contributed by atoms with Crippen LogP contribution in [0.25, 0.3) is 0 Å². The maximum Gasteiger partial charge on any atom is 0.191 e. The second kappa shape index (κ2) is 7.38. The van der Waals surface area contributed by atoms with Crippen LogP contribution in [0.1, 0.15) is 46.1 Å². The van der Waals surface area contributed by atoms with Gasteiger partial charge in [-0.1, -0.05) is 13.0 Å². The fraction of sp³-hybridized carbons (Fsp3) is 0.562. The molecule has 0 saturated carbocycles. The molecule has 0 aliphatic carbocycles. The zero-order valence-electron chi connectivity index (χ0n) is 13.4. The molecule has 1 unspecified atom stereocenters. The molecule has 0 radical (unpaired) electrons. The summed E-state index contributed by atoms with van der Waals surface area (Å²) < 4.78 is 26.2. The summed E-state index contributed by atoms with van der Waals surface area (Å²) in [6, 6.07) is 3.99. The van der Waals surface area contributed by atoms with Crippen molar-refractivity contribution in [3.63, 3.8) is 0 Å². The van der Waals surface area contributed by atoms with Gasteiger partial charge in [0.05, 0.1) is 0 Å². The van der Waals surface area contributed by atoms with Crippen molar-refractivity contribution in [3.05, 3.63) is 35.4 Å². The monoisotopic (exact) mass is 297 g/mol. The van der Waals surface area contributed by atoms with Crippen LogP contribution in [0.3, 0.4) is 0 Å². The van der Waals surface area contributed by atoms with Gasteiger partial charge in [0, 0.05) is 24.5 Å². The summed E-state index contributed by atoms with van der Waals surface area (Å²) in [5.41, 5.74) is 0.649. The van der Waals surface area contributed by atoms with Crippen molar-refractivity contribution in [3.8, 4) is 0 Å². The maximum atomic E-state index is 13.2. The quantitative estimate of drug-likeness (QED) is 0.660. The first-order chi connectivity index (χ1) is 9.73. The number of rotatable bonds is 4. The minimum atomic E-state index is -0.822. The Bertz CT molecular complexity index is 493. The van der Waals surface area contributed by atoms with Crippen LogP contribution in [0.15, 0.2) is 23.2 Å². The molecule has 118 valence electrons. The third kappa shape index (κ3) is 6.10. The number of hydrogen-bond donors (Lipinski definition) is 2. The first-order valence-corrected chi connectivity index (χ1v) is 7.24. The van der Waals surface area contributed by atoms with E-state index in [2.05, 4.69) is 36.4 Å². The third-order valence-electron chi connectivity index (χ3n) is 2.87. The molecule has 0 spiro atoms. The summed E-state index contributed by atoms with van der Waals surface area (Å²) in [6.45, 7) is 11.4. The molecule has 1 rings (SSSR count). The molecule has 0 aliphatic heterocycles. The van der Waals surface area contributed by atoms with Crippen LogP contribution in [-0.4, -0.2) is 24.6 Å². The zero-order valence-corrected chi connectivity index (χ0v) is 13.4. The Kier molecular flexibility index (Phi) is 6.12. The SMILES string of the molecule is CCNC(=NCC(C)c1ccc(F)c(F)c1)NC(C)(C)C. The first-order valence-electron chi connectivity index (χ1n) is 7.24. The fourth-order valence-corrected chi connectivity index (χ4v) is 1.81. The largest absolute Gasteiger partial charge is 0.357 e. The Morgan fingerprint density at radius 1 is 1.24 bits per heavy atom. The zero-order chi connectivity index (χ0) is 16.0. The summed E-state index contributed by atoms with van der Waals surface area (Å²) in [7, 11) is 0. The van der Waals surface area contributed by atoms with E-state index in [1.54, 1.807) is 6.07 Å². The standard InChI is InChI=1S/C16H25F2N3/c1-6-19-15(21-16(3,4)5)20-10-11(2)12-7-8-13(17)14(18)9-12/h7-9,11H,6,10H2,1-5H3,(H2,19,20,21). The van der Waals surface area contributed by atoms with Gasteiger partial charge in [0.2, 0.25) is 0 Å². The molecule has 2 N–H and O–H groups in total. The highest BCUT2D eigenvalue weighted by Crippen LogP contribution is 2.18. The van der Waals surface area contributed by atoms with Gasteiger partial charge in [0.1, 0.15) is 0 Å². The average Bonchev–Trinajstić information content (AvgIpc) is 2.37. The number of nitrogens with zero attached hydrogens (tertiary/aromatic N) is 1. The molecule has 0 saturated heterocycles. The number of benzene rings is 1. The van der Waals surface area contributed by atoms with Gasteiger partial charge in [-0.15, -0.1) is 0 Å². The van der Waals surface area contributed by atoms with Gasteiger partial charge in [-0.25, -0.2) is 8.78 Å². The lowest BCUT2D eigenvalue weighted by Crippen LogP contribution is -2.47. The second-order valence-electron chi connectivity index (χ2n) is 6.17. The Balaban J connectivity index is 2.76. The van der Waals surface area contributed by atoms with Crippen molar-refractivity contribution < 1.29 is 8.78 Å². The van der Waals surface area contributed by atoms with Crippen LogP contribution in [0, 0.1) is 11.6 Å². The molecule has 0 heterocycles. The molecule has 1 aromatic rings. The van der Waals surface area contributed by atoms with Gasteiger partial charge in [0.15, 0.2) is 17.6 Å². The first kappa shape index (κ1) is 17.4. The predicted octanol–water partition coefficient (Wildman–Crippen LogP) is 3.42. The van der Waals surface area contributed by atoms with E-state index in [-0.39, 0.29) is 11.5 Å². The van der Waals surface area contributed by atoms with Gasteiger partial charge in [-0.05, 0) is 45.4 Å². The molecular weight excluding hydrogens is 272 g/mol. The Morgan fingerprint density at radius 3 is 2.43 bits per heavy atom. The molecule has 0 aromatic heterocycles. The van der Waals surface area contributed by atoms with E-state index in [1.807, 2.05) is 13.8 Å². The van der Waals surface area contributed by atoms with Gasteiger partial charge in [-0.3, -0.25) is 4.99 Å². The Labute approximate surface area is 125 Å². The fourth-order valence-electron chi connectivity index (χ4n) is 1.81. The minimum absolute atomic E-state index is 0.00974. The van der Waals surface area contributed by atoms with Gasteiger partial charge in [0.25, 0.3) is 0 Å². The van der Waals surface area contributed by atoms with E-state index in [9.17, 15) is 8.78 Å². The smallest absolute Gasteiger partial charge is 0.191 e. The Hall–Kier alpha value is -1.65. The highest BCUT2D eigenvalue weighted by molar-refractivity contribution is 5.80. The molecule has 0 bridgehead atoms. The van der Waals surface area contributed by atoms with Crippen LogP contribution < -0.4 is 10.6 Å². The number of guanidine groups is 1. The highest BCUT2D eigenvalue weighted by Gasteiger charge is 2.13. The van der Waals surface area contributed by atoms with Crippen LogP contribution in [0.5, 0.6) is 0 Å². The molecule has 3 nitrogen and oxygen atoms in total. The van der Waals surface area contributed by atoms with Crippen molar-refractivity contribution in [2.45, 2.75) is 46.1 Å². The van der Waals surface area contributed by atoms with Gasteiger partial charge in [-0.2, -0.15) is 0 Å². The van der Waals surface area contributed by atoms with Crippen LogP contribution in [0.2, 0.25) is 0 Å². The average molecular weight is 297 g/mol. The summed E-state index contributed by atoms with van der Waals surface area (Å²) in [5, 5.41) is 6.46. The second-order valence-corrected chi connectivity index (χ2v) is 6.17. The molecule has 0 fully saturated rings. The van der Waals surface area contributed by atoms with Crippen molar-refractivity contribution in [2.75, 3.05) is 13.1 Å². The third-order valence-corrected chi connectivity index (χ3v) is 2.87. The van der Waals surface area contributed by atoms with Crippen molar-refractivity contribution in [1.82, 2.24) is 10.6 Å². The lowest BCUT2D eigenvalue weighted by Gasteiger charge is -2.24.